The van der Waals surface area contributed by atoms with E-state index in [4.69, 9.17) is 0 Å². The summed E-state index contributed by atoms with van der Waals surface area (Å²) in [5.41, 5.74) is 0.809. The van der Waals surface area contributed by atoms with Gasteiger partial charge in [0.2, 0.25) is 5.91 Å². The highest BCUT2D eigenvalue weighted by Crippen LogP contribution is 2.32. The van der Waals surface area contributed by atoms with E-state index in [-0.39, 0.29) is 16.3 Å². The van der Waals surface area contributed by atoms with Gasteiger partial charge in [0.1, 0.15) is 12.3 Å². The number of phenols is 1. The second-order valence-electron chi connectivity index (χ2n) is 5.71. The lowest BCUT2D eigenvalue weighted by molar-refractivity contribution is -0.384. The zero-order valence-electron chi connectivity index (χ0n) is 14.2. The van der Waals surface area contributed by atoms with Gasteiger partial charge in [-0.15, -0.1) is 0 Å². The van der Waals surface area contributed by atoms with Crippen LogP contribution in [0.5, 0.6) is 5.75 Å². The molecule has 28 heavy (non-hydrogen) atoms. The molecule has 0 spiro atoms. The molecule has 142 valence electrons. The summed E-state index contributed by atoms with van der Waals surface area (Å²) in [6, 6.07) is 11.3. The number of amides is 3. The number of nitrogens with zero attached hydrogens (tertiary/aromatic N) is 2. The van der Waals surface area contributed by atoms with Crippen molar-refractivity contribution in [2.75, 3.05) is 11.9 Å². The van der Waals surface area contributed by atoms with Crippen LogP contribution < -0.4 is 5.32 Å². The molecule has 1 heterocycles. The van der Waals surface area contributed by atoms with E-state index in [1.807, 2.05) is 0 Å². The molecule has 0 radical (unpaired) electrons. The van der Waals surface area contributed by atoms with Crippen molar-refractivity contribution in [2.45, 2.75) is 0 Å². The van der Waals surface area contributed by atoms with Crippen molar-refractivity contribution in [3.8, 4) is 5.75 Å². The predicted octanol–water partition coefficient (Wildman–Crippen LogP) is 2.98. The van der Waals surface area contributed by atoms with Crippen LogP contribution in [0.25, 0.3) is 6.08 Å². The Labute approximate surface area is 162 Å². The van der Waals surface area contributed by atoms with Gasteiger partial charge in [-0.1, -0.05) is 12.1 Å². The smallest absolute Gasteiger partial charge is 0.294 e. The number of anilines is 1. The minimum atomic E-state index is -0.609. The largest absolute Gasteiger partial charge is 0.508 e. The first-order valence-electron chi connectivity index (χ1n) is 7.92. The number of aromatic hydroxyl groups is 1. The number of benzene rings is 2. The second kappa shape index (κ2) is 7.92. The maximum atomic E-state index is 12.4. The van der Waals surface area contributed by atoms with Gasteiger partial charge >= 0.3 is 0 Å². The topological polar surface area (TPSA) is 130 Å². The zero-order chi connectivity index (χ0) is 20.3. The Balaban J connectivity index is 1.65. The van der Waals surface area contributed by atoms with Crippen LogP contribution in [0.3, 0.4) is 0 Å². The van der Waals surface area contributed by atoms with Crippen molar-refractivity contribution >= 4 is 46.3 Å². The van der Waals surface area contributed by atoms with Crippen molar-refractivity contribution in [1.82, 2.24) is 4.90 Å². The maximum absolute atomic E-state index is 12.4. The summed E-state index contributed by atoms with van der Waals surface area (Å²) in [7, 11) is 0. The van der Waals surface area contributed by atoms with Crippen molar-refractivity contribution in [2.24, 2.45) is 0 Å². The minimum Gasteiger partial charge on any atom is -0.508 e. The van der Waals surface area contributed by atoms with E-state index in [0.717, 1.165) is 4.90 Å². The molecule has 0 saturated carbocycles. The average Bonchev–Trinajstić information content (AvgIpc) is 2.91. The molecule has 0 aliphatic carbocycles. The Morgan fingerprint density at radius 3 is 2.39 bits per heavy atom. The number of hydrogen-bond acceptors (Lipinski definition) is 7. The van der Waals surface area contributed by atoms with E-state index in [2.05, 4.69) is 5.32 Å². The van der Waals surface area contributed by atoms with E-state index >= 15 is 0 Å². The Morgan fingerprint density at radius 2 is 1.79 bits per heavy atom. The highest BCUT2D eigenvalue weighted by molar-refractivity contribution is 8.18. The van der Waals surface area contributed by atoms with Crippen molar-refractivity contribution in [3.05, 3.63) is 69.1 Å². The molecule has 10 heteroatoms. The molecular weight excluding hydrogens is 386 g/mol. The lowest BCUT2D eigenvalue weighted by Gasteiger charge is -2.12. The third kappa shape index (κ3) is 4.35. The molecule has 2 N–H and O–H groups in total. The first kappa shape index (κ1) is 19.1. The Hall–Kier alpha value is -3.66. The molecule has 3 amide bonds. The van der Waals surface area contributed by atoms with E-state index in [9.17, 15) is 29.6 Å². The SMILES string of the molecule is O=C(CN1C(=O)S/C(=C\c2ccc(O)cc2)C1=O)Nc1ccc([N+](=O)[O-])cc1. The fourth-order valence-corrected chi connectivity index (χ4v) is 3.21. The molecule has 1 aliphatic heterocycles. The van der Waals surface area contributed by atoms with Crippen LogP contribution in [-0.4, -0.2) is 38.5 Å². The number of hydrogen-bond donors (Lipinski definition) is 2. The number of nitro groups is 1. The third-order valence-corrected chi connectivity index (χ3v) is 4.64. The number of nitro benzene ring substituents is 1. The van der Waals surface area contributed by atoms with Gasteiger partial charge in [0.25, 0.3) is 16.8 Å². The summed E-state index contributed by atoms with van der Waals surface area (Å²) in [6.07, 6.45) is 1.50. The standard InChI is InChI=1S/C18H13N3O6S/c22-14-7-1-11(2-8-14)9-15-17(24)20(18(25)28-15)10-16(23)19-12-3-5-13(6-4-12)21(26)27/h1-9,22H,10H2,(H,19,23)/b15-9-. The molecule has 0 atom stereocenters. The van der Waals surface area contributed by atoms with E-state index in [1.165, 1.54) is 42.5 Å². The van der Waals surface area contributed by atoms with Crippen LogP contribution in [0.15, 0.2) is 53.4 Å². The van der Waals surface area contributed by atoms with Gasteiger partial charge in [0.05, 0.1) is 9.83 Å². The quantitative estimate of drug-likeness (QED) is 0.449. The third-order valence-electron chi connectivity index (χ3n) is 3.73. The monoisotopic (exact) mass is 399 g/mol. The Bertz CT molecular complexity index is 985. The van der Waals surface area contributed by atoms with Gasteiger partial charge in [0, 0.05) is 17.8 Å². The number of carbonyl (C=O) groups is 3. The number of non-ortho nitro benzene ring substituents is 1. The fourth-order valence-electron chi connectivity index (χ4n) is 2.37. The molecular formula is C18H13N3O6S. The van der Waals surface area contributed by atoms with Gasteiger partial charge in [-0.3, -0.25) is 29.4 Å². The highest BCUT2D eigenvalue weighted by atomic mass is 32.2. The van der Waals surface area contributed by atoms with Crippen LogP contribution in [0.1, 0.15) is 5.56 Å². The summed E-state index contributed by atoms with van der Waals surface area (Å²) in [5, 5.41) is 21.8. The summed E-state index contributed by atoms with van der Waals surface area (Å²) in [5.74, 6) is -1.13. The number of thioether (sulfide) groups is 1. The van der Waals surface area contributed by atoms with E-state index in [1.54, 1.807) is 12.1 Å². The van der Waals surface area contributed by atoms with Gasteiger partial charge in [-0.25, -0.2) is 0 Å². The van der Waals surface area contributed by atoms with Crippen LogP contribution in [0, 0.1) is 10.1 Å². The minimum absolute atomic E-state index is 0.0770. The van der Waals surface area contributed by atoms with Gasteiger partial charge in [-0.2, -0.15) is 0 Å². The molecule has 2 aromatic rings. The van der Waals surface area contributed by atoms with Crippen LogP contribution in [-0.2, 0) is 9.59 Å². The lowest BCUT2D eigenvalue weighted by atomic mass is 10.2. The van der Waals surface area contributed by atoms with Crippen LogP contribution in [0.2, 0.25) is 0 Å². The maximum Gasteiger partial charge on any atom is 0.294 e. The molecule has 0 bridgehead atoms. The number of rotatable bonds is 5. The molecule has 1 aliphatic rings. The first-order chi connectivity index (χ1) is 13.3. The average molecular weight is 399 g/mol. The Kier molecular flexibility index (Phi) is 5.41. The first-order valence-corrected chi connectivity index (χ1v) is 8.74. The summed E-state index contributed by atoms with van der Waals surface area (Å²) in [6.45, 7) is -0.478. The summed E-state index contributed by atoms with van der Waals surface area (Å²) in [4.78, 5) is 47.7. The molecule has 0 unspecified atom stereocenters. The van der Waals surface area contributed by atoms with Crippen molar-refractivity contribution < 1.29 is 24.4 Å². The molecule has 1 saturated heterocycles. The molecule has 3 rings (SSSR count). The fraction of sp³-hybridized carbons (Fsp3) is 0.0556. The van der Waals surface area contributed by atoms with E-state index in [0.29, 0.717) is 23.0 Å². The number of imide groups is 1. The Morgan fingerprint density at radius 1 is 1.14 bits per heavy atom. The molecule has 9 nitrogen and oxygen atoms in total. The number of carbonyl (C=O) groups excluding carboxylic acids is 3. The number of nitrogens with one attached hydrogen (secondary N) is 1. The van der Waals surface area contributed by atoms with E-state index < -0.39 is 28.5 Å². The zero-order valence-corrected chi connectivity index (χ0v) is 15.0. The highest BCUT2D eigenvalue weighted by Gasteiger charge is 2.36. The normalized spacial score (nSPS) is 15.1. The van der Waals surface area contributed by atoms with Crippen molar-refractivity contribution in [3.63, 3.8) is 0 Å². The summed E-state index contributed by atoms with van der Waals surface area (Å²) < 4.78 is 0. The van der Waals surface area contributed by atoms with Crippen LogP contribution in [0.4, 0.5) is 16.2 Å². The van der Waals surface area contributed by atoms with Gasteiger partial charge in [0.15, 0.2) is 0 Å². The van der Waals surface area contributed by atoms with Crippen LogP contribution >= 0.6 is 11.8 Å². The number of phenolic OH excluding ortho intramolecular Hbond substituents is 1. The molecule has 0 aromatic heterocycles. The predicted molar refractivity (Wildman–Crippen MR) is 103 cm³/mol. The molecule has 2 aromatic carbocycles. The van der Waals surface area contributed by atoms with Crippen molar-refractivity contribution in [1.29, 1.82) is 0 Å². The summed E-state index contributed by atoms with van der Waals surface area (Å²) >= 11 is 0.715. The van der Waals surface area contributed by atoms with Gasteiger partial charge in [-0.05, 0) is 47.7 Å². The molecule has 1 fully saturated rings. The lowest BCUT2D eigenvalue weighted by Crippen LogP contribution is -2.36. The second-order valence-corrected chi connectivity index (χ2v) is 6.70. The van der Waals surface area contributed by atoms with Gasteiger partial charge < -0.3 is 10.4 Å².